The molecule has 1 unspecified atom stereocenters. The van der Waals surface area contributed by atoms with Crippen LogP contribution in [-0.4, -0.2) is 15.9 Å². The minimum atomic E-state index is -0.440. The molecule has 0 aliphatic rings. The molecular weight excluding hydrogens is 230 g/mol. The lowest BCUT2D eigenvalue weighted by atomic mass is 10.1. The average molecular weight is 251 g/mol. The van der Waals surface area contributed by atoms with Crippen molar-refractivity contribution in [2.45, 2.75) is 52.0 Å². The molecule has 5 nitrogen and oxygen atoms in total. The number of nitrogens with one attached hydrogen (secondary N) is 1. The van der Waals surface area contributed by atoms with E-state index in [9.17, 15) is 10.1 Å². The molecule has 0 spiro atoms. The molecule has 0 amide bonds. The van der Waals surface area contributed by atoms with E-state index >= 15 is 0 Å². The molecule has 100 valence electrons. The molecule has 18 heavy (non-hydrogen) atoms. The van der Waals surface area contributed by atoms with Crippen molar-refractivity contribution in [1.29, 1.82) is 0 Å². The predicted octanol–water partition coefficient (Wildman–Crippen LogP) is 3.76. The molecule has 0 fully saturated rings. The summed E-state index contributed by atoms with van der Waals surface area (Å²) in [6, 6.07) is 3.47. The summed E-state index contributed by atoms with van der Waals surface area (Å²) in [7, 11) is 0. The Balaban J connectivity index is 2.35. The van der Waals surface area contributed by atoms with Gasteiger partial charge < -0.3 is 5.32 Å². The Bertz CT molecular complexity index is 365. The van der Waals surface area contributed by atoms with Crippen molar-refractivity contribution in [3.63, 3.8) is 0 Å². The van der Waals surface area contributed by atoms with Gasteiger partial charge in [-0.3, -0.25) is 10.1 Å². The topological polar surface area (TPSA) is 68.1 Å². The SMILES string of the molecule is CCCCCCC(C)Nc1ccc([N+](=O)[O-])cn1. The van der Waals surface area contributed by atoms with Gasteiger partial charge in [-0.1, -0.05) is 32.6 Å². The number of nitrogens with zero attached hydrogens (tertiary/aromatic N) is 2. The van der Waals surface area contributed by atoms with Gasteiger partial charge in [0.05, 0.1) is 4.92 Å². The van der Waals surface area contributed by atoms with Crippen LogP contribution in [0.15, 0.2) is 18.3 Å². The maximum Gasteiger partial charge on any atom is 0.287 e. The first-order valence-electron chi connectivity index (χ1n) is 6.50. The third-order valence-corrected chi connectivity index (χ3v) is 2.84. The third kappa shape index (κ3) is 5.12. The summed E-state index contributed by atoms with van der Waals surface area (Å²) in [4.78, 5) is 14.1. The van der Waals surface area contributed by atoms with Crippen molar-refractivity contribution >= 4 is 11.5 Å². The summed E-state index contributed by atoms with van der Waals surface area (Å²) in [5.74, 6) is 0.698. The van der Waals surface area contributed by atoms with E-state index in [-0.39, 0.29) is 5.69 Å². The van der Waals surface area contributed by atoms with E-state index in [1.807, 2.05) is 0 Å². The van der Waals surface area contributed by atoms with E-state index in [4.69, 9.17) is 0 Å². The van der Waals surface area contributed by atoms with Crippen LogP contribution in [0.2, 0.25) is 0 Å². The first kappa shape index (κ1) is 14.4. The first-order chi connectivity index (χ1) is 8.63. The Morgan fingerprint density at radius 3 is 2.72 bits per heavy atom. The minimum absolute atomic E-state index is 0.0242. The first-order valence-corrected chi connectivity index (χ1v) is 6.50. The van der Waals surface area contributed by atoms with Crippen molar-refractivity contribution in [1.82, 2.24) is 4.98 Å². The summed E-state index contributed by atoms with van der Waals surface area (Å²) < 4.78 is 0. The zero-order chi connectivity index (χ0) is 13.4. The monoisotopic (exact) mass is 251 g/mol. The number of aromatic nitrogens is 1. The fourth-order valence-corrected chi connectivity index (χ4v) is 1.78. The molecule has 5 heteroatoms. The number of hydrogen-bond acceptors (Lipinski definition) is 4. The van der Waals surface area contributed by atoms with Crippen LogP contribution in [0.3, 0.4) is 0 Å². The highest BCUT2D eigenvalue weighted by Crippen LogP contribution is 2.14. The van der Waals surface area contributed by atoms with E-state index in [1.165, 1.54) is 37.9 Å². The lowest BCUT2D eigenvalue weighted by Crippen LogP contribution is -2.15. The molecule has 0 saturated heterocycles. The van der Waals surface area contributed by atoms with Gasteiger partial charge in [-0.25, -0.2) is 4.98 Å². The van der Waals surface area contributed by atoms with Gasteiger partial charge in [-0.15, -0.1) is 0 Å². The second-order valence-corrected chi connectivity index (χ2v) is 4.55. The zero-order valence-electron chi connectivity index (χ0n) is 11.1. The van der Waals surface area contributed by atoms with Crippen LogP contribution in [0.4, 0.5) is 11.5 Å². The molecule has 0 aliphatic carbocycles. The van der Waals surface area contributed by atoms with E-state index in [1.54, 1.807) is 6.07 Å². The molecule has 0 aromatic carbocycles. The molecule has 1 N–H and O–H groups in total. The van der Waals surface area contributed by atoms with Crippen LogP contribution in [0.1, 0.15) is 46.0 Å². The smallest absolute Gasteiger partial charge is 0.287 e. The second-order valence-electron chi connectivity index (χ2n) is 4.55. The van der Waals surface area contributed by atoms with E-state index in [0.29, 0.717) is 11.9 Å². The molecule has 1 aromatic rings. The van der Waals surface area contributed by atoms with Crippen LogP contribution < -0.4 is 5.32 Å². The van der Waals surface area contributed by atoms with Gasteiger partial charge in [0, 0.05) is 12.1 Å². The molecule has 0 bridgehead atoms. The van der Waals surface area contributed by atoms with Crippen LogP contribution in [0.5, 0.6) is 0 Å². The third-order valence-electron chi connectivity index (χ3n) is 2.84. The van der Waals surface area contributed by atoms with Crippen LogP contribution >= 0.6 is 0 Å². The fourth-order valence-electron chi connectivity index (χ4n) is 1.78. The number of rotatable bonds is 8. The summed E-state index contributed by atoms with van der Waals surface area (Å²) in [5.41, 5.74) is 0.0242. The lowest BCUT2D eigenvalue weighted by molar-refractivity contribution is -0.385. The highest BCUT2D eigenvalue weighted by atomic mass is 16.6. The number of hydrogen-bond donors (Lipinski definition) is 1. The molecule has 0 saturated carbocycles. The van der Waals surface area contributed by atoms with E-state index in [0.717, 1.165) is 6.42 Å². The number of anilines is 1. The number of unbranched alkanes of at least 4 members (excludes halogenated alkanes) is 3. The molecule has 0 aliphatic heterocycles. The maximum absolute atomic E-state index is 10.5. The quantitative estimate of drug-likeness (QED) is 0.434. The number of pyridine rings is 1. The molecule has 0 radical (unpaired) electrons. The van der Waals surface area contributed by atoms with Crippen molar-refractivity contribution in [2.24, 2.45) is 0 Å². The molecule has 1 atom stereocenters. The highest BCUT2D eigenvalue weighted by molar-refractivity contribution is 5.40. The zero-order valence-corrected chi connectivity index (χ0v) is 11.1. The maximum atomic E-state index is 10.5. The van der Waals surface area contributed by atoms with Gasteiger partial charge in [0.2, 0.25) is 0 Å². The highest BCUT2D eigenvalue weighted by Gasteiger charge is 2.07. The van der Waals surface area contributed by atoms with Gasteiger partial charge in [0.25, 0.3) is 5.69 Å². The Morgan fingerprint density at radius 1 is 1.39 bits per heavy atom. The Hall–Kier alpha value is -1.65. The molecule has 1 heterocycles. The van der Waals surface area contributed by atoms with Gasteiger partial charge in [-0.2, -0.15) is 0 Å². The normalized spacial score (nSPS) is 12.1. The second kappa shape index (κ2) is 7.63. The van der Waals surface area contributed by atoms with Gasteiger partial charge in [0.1, 0.15) is 12.0 Å². The molecule has 1 aromatic heterocycles. The van der Waals surface area contributed by atoms with Crippen molar-refractivity contribution < 1.29 is 4.92 Å². The summed E-state index contributed by atoms with van der Waals surface area (Å²) >= 11 is 0. The van der Waals surface area contributed by atoms with Crippen molar-refractivity contribution in [3.8, 4) is 0 Å². The molecule has 1 rings (SSSR count). The van der Waals surface area contributed by atoms with Crippen molar-refractivity contribution in [3.05, 3.63) is 28.4 Å². The minimum Gasteiger partial charge on any atom is -0.368 e. The fraction of sp³-hybridized carbons (Fsp3) is 0.615. The van der Waals surface area contributed by atoms with E-state index in [2.05, 4.69) is 24.1 Å². The van der Waals surface area contributed by atoms with Gasteiger partial charge in [0.15, 0.2) is 0 Å². The van der Waals surface area contributed by atoms with Crippen LogP contribution in [0, 0.1) is 10.1 Å². The lowest BCUT2D eigenvalue weighted by Gasteiger charge is -2.13. The average Bonchev–Trinajstić information content (AvgIpc) is 2.35. The summed E-state index contributed by atoms with van der Waals surface area (Å²) in [6.45, 7) is 4.30. The van der Waals surface area contributed by atoms with Crippen molar-refractivity contribution in [2.75, 3.05) is 5.32 Å². The predicted molar refractivity (Wildman–Crippen MR) is 72.7 cm³/mol. The summed E-state index contributed by atoms with van der Waals surface area (Å²) in [6.07, 6.45) is 7.37. The van der Waals surface area contributed by atoms with Gasteiger partial charge in [-0.05, 0) is 19.4 Å². The Morgan fingerprint density at radius 2 is 2.17 bits per heavy atom. The van der Waals surface area contributed by atoms with E-state index < -0.39 is 4.92 Å². The standard InChI is InChI=1S/C13H21N3O2/c1-3-4-5-6-7-11(2)15-13-9-8-12(10-14-13)16(17)18/h8-11H,3-7H2,1-2H3,(H,14,15). The molecular formula is C13H21N3O2. The largest absolute Gasteiger partial charge is 0.368 e. The number of nitro groups is 1. The van der Waals surface area contributed by atoms with Crippen LogP contribution in [0.25, 0.3) is 0 Å². The van der Waals surface area contributed by atoms with Gasteiger partial charge >= 0.3 is 0 Å². The Labute approximate surface area is 108 Å². The Kier molecular flexibility index (Phi) is 6.11. The summed E-state index contributed by atoms with van der Waals surface area (Å²) in [5, 5.41) is 13.7. The van der Waals surface area contributed by atoms with Crippen LogP contribution in [-0.2, 0) is 0 Å².